The molecule has 0 aromatic heterocycles. The van der Waals surface area contributed by atoms with Gasteiger partial charge in [0.15, 0.2) is 0 Å². The van der Waals surface area contributed by atoms with Crippen LogP contribution in [0.25, 0.3) is 11.6 Å². The van der Waals surface area contributed by atoms with Crippen LogP contribution in [0, 0.1) is 0 Å². The van der Waals surface area contributed by atoms with E-state index in [0.717, 1.165) is 0 Å². The van der Waals surface area contributed by atoms with E-state index in [1.54, 1.807) is 0 Å². The van der Waals surface area contributed by atoms with Crippen LogP contribution in [0.3, 0.4) is 0 Å². The number of fused-ring (bicyclic) bond motifs is 3. The van der Waals surface area contributed by atoms with Gasteiger partial charge in [0, 0.05) is 0 Å². The Kier molecular flexibility index (Phi) is 1.48. The fraction of sp³-hybridized carbons (Fsp3) is 0. The molecule has 64 valence electrons. The molecule has 0 unspecified atom stereocenters. The summed E-state index contributed by atoms with van der Waals surface area (Å²) in [6.07, 6.45) is 4.32. The zero-order chi connectivity index (χ0) is 8.67. The van der Waals surface area contributed by atoms with Crippen molar-refractivity contribution >= 4 is 27.0 Å². The first-order valence-corrected chi connectivity index (χ1v) is 5.85. The topological polar surface area (TPSA) is 24.1 Å². The zero-order valence-electron chi connectivity index (χ0n) is 6.87. The van der Waals surface area contributed by atoms with Crippen molar-refractivity contribution < 1.29 is 0 Å². The molecule has 13 heavy (non-hydrogen) atoms. The summed E-state index contributed by atoms with van der Waals surface area (Å²) in [6, 6.07) is 8.46. The number of allylic oxidation sites excluding steroid dienone is 1. The number of hydrogen-bond donors (Lipinski definition) is 2. The van der Waals surface area contributed by atoms with E-state index in [4.69, 9.17) is 0 Å². The van der Waals surface area contributed by atoms with Crippen molar-refractivity contribution in [1.82, 2.24) is 8.67 Å². The first-order chi connectivity index (χ1) is 6.45. The Morgan fingerprint density at radius 1 is 1.15 bits per heavy atom. The fourth-order valence-corrected chi connectivity index (χ4v) is 2.74. The Hall–Kier alpha value is -1.18. The minimum absolute atomic E-state index is 0.317. The molecule has 0 bridgehead atoms. The van der Waals surface area contributed by atoms with Gasteiger partial charge in [0.05, 0.1) is 0 Å². The van der Waals surface area contributed by atoms with E-state index in [1.165, 1.54) is 22.4 Å². The second-order valence-electron chi connectivity index (χ2n) is 3.03. The third-order valence-corrected chi connectivity index (χ3v) is 3.43. The van der Waals surface area contributed by atoms with Gasteiger partial charge >= 0.3 is 83.0 Å². The number of hydrogen-bond acceptors (Lipinski definition) is 2. The van der Waals surface area contributed by atoms with Gasteiger partial charge in [-0.3, -0.25) is 0 Å². The predicted octanol–water partition coefficient (Wildman–Crippen LogP) is 1.11. The Labute approximate surface area is 83.3 Å². The maximum absolute atomic E-state index is 3.37. The van der Waals surface area contributed by atoms with Crippen LogP contribution in [-0.2, 0) is 0 Å². The number of benzene rings is 1. The second-order valence-corrected chi connectivity index (χ2v) is 4.38. The summed E-state index contributed by atoms with van der Waals surface area (Å²) in [4.78, 5) is 0. The Bertz CT molecular complexity index is 421. The standard InChI is InChI=1S/C10H8N2Se/c1-2-4-8-7(3-1)5-10-9(8)6-11-13-12-10/h1-6,11-12H. The summed E-state index contributed by atoms with van der Waals surface area (Å²) in [5, 5.41) is 0. The van der Waals surface area contributed by atoms with Gasteiger partial charge in [-0.1, -0.05) is 0 Å². The summed E-state index contributed by atoms with van der Waals surface area (Å²) in [5.41, 5.74) is 5.20. The maximum atomic E-state index is 3.37. The molecule has 1 aromatic rings. The van der Waals surface area contributed by atoms with E-state index in [1.807, 2.05) is 0 Å². The SMILES string of the molecule is C1=C2N[Se]NC=C2c2ccccc21. The molecule has 1 aliphatic heterocycles. The van der Waals surface area contributed by atoms with Crippen molar-refractivity contribution in [3.63, 3.8) is 0 Å². The van der Waals surface area contributed by atoms with Crippen molar-refractivity contribution in [1.29, 1.82) is 0 Å². The molecule has 2 N–H and O–H groups in total. The van der Waals surface area contributed by atoms with Crippen molar-refractivity contribution in [2.45, 2.75) is 0 Å². The van der Waals surface area contributed by atoms with Crippen molar-refractivity contribution in [2.75, 3.05) is 0 Å². The second kappa shape index (κ2) is 2.66. The molecule has 2 aliphatic rings. The van der Waals surface area contributed by atoms with Crippen LogP contribution in [0.15, 0.2) is 36.2 Å². The minimum atomic E-state index is 0.317. The molecular weight excluding hydrogens is 227 g/mol. The van der Waals surface area contributed by atoms with Crippen LogP contribution >= 0.6 is 0 Å². The summed E-state index contributed by atoms with van der Waals surface area (Å²) >= 11 is 0.317. The molecule has 0 saturated carbocycles. The molecule has 0 spiro atoms. The van der Waals surface area contributed by atoms with Crippen LogP contribution in [0.5, 0.6) is 0 Å². The molecular formula is C10H8N2Se. The number of nitrogens with one attached hydrogen (secondary N) is 2. The Morgan fingerprint density at radius 3 is 3.08 bits per heavy atom. The average molecular weight is 235 g/mol. The molecule has 0 radical (unpaired) electrons. The molecule has 0 fully saturated rings. The molecule has 0 saturated heterocycles. The van der Waals surface area contributed by atoms with Crippen LogP contribution in [0.4, 0.5) is 0 Å². The molecule has 2 nitrogen and oxygen atoms in total. The van der Waals surface area contributed by atoms with E-state index < -0.39 is 0 Å². The molecule has 0 amide bonds. The van der Waals surface area contributed by atoms with E-state index in [9.17, 15) is 0 Å². The van der Waals surface area contributed by atoms with Gasteiger partial charge in [0.25, 0.3) is 0 Å². The molecule has 1 aliphatic carbocycles. The van der Waals surface area contributed by atoms with E-state index in [0.29, 0.717) is 15.4 Å². The summed E-state index contributed by atoms with van der Waals surface area (Å²) in [7, 11) is 0. The average Bonchev–Trinajstić information content (AvgIpc) is 2.56. The van der Waals surface area contributed by atoms with E-state index >= 15 is 0 Å². The third-order valence-electron chi connectivity index (χ3n) is 2.26. The molecule has 3 heteroatoms. The Balaban J connectivity index is 2.23. The molecule has 0 atom stereocenters. The summed E-state index contributed by atoms with van der Waals surface area (Å²) in [5.74, 6) is 0. The first kappa shape index (κ1) is 7.24. The van der Waals surface area contributed by atoms with Gasteiger partial charge in [-0.15, -0.1) is 0 Å². The van der Waals surface area contributed by atoms with Crippen LogP contribution in [0.2, 0.25) is 0 Å². The van der Waals surface area contributed by atoms with Gasteiger partial charge in [0.2, 0.25) is 0 Å². The van der Waals surface area contributed by atoms with Crippen molar-refractivity contribution in [3.8, 4) is 0 Å². The Morgan fingerprint density at radius 2 is 2.08 bits per heavy atom. The number of rotatable bonds is 0. The normalized spacial score (nSPS) is 17.5. The fourth-order valence-electron chi connectivity index (χ4n) is 1.66. The van der Waals surface area contributed by atoms with Gasteiger partial charge in [-0.25, -0.2) is 0 Å². The predicted molar refractivity (Wildman–Crippen MR) is 54.4 cm³/mol. The first-order valence-electron chi connectivity index (χ1n) is 4.14. The van der Waals surface area contributed by atoms with Crippen LogP contribution < -0.4 is 8.67 Å². The quantitative estimate of drug-likeness (QED) is 0.658. The molecule has 1 aromatic carbocycles. The van der Waals surface area contributed by atoms with E-state index in [2.05, 4.69) is 45.2 Å². The zero-order valence-corrected chi connectivity index (χ0v) is 8.59. The summed E-state index contributed by atoms with van der Waals surface area (Å²) in [6.45, 7) is 0. The third kappa shape index (κ3) is 1.01. The van der Waals surface area contributed by atoms with Crippen molar-refractivity contribution in [3.05, 3.63) is 47.3 Å². The van der Waals surface area contributed by atoms with Gasteiger partial charge in [-0.2, -0.15) is 0 Å². The van der Waals surface area contributed by atoms with Gasteiger partial charge in [-0.05, 0) is 0 Å². The van der Waals surface area contributed by atoms with Crippen LogP contribution in [0.1, 0.15) is 11.1 Å². The summed E-state index contributed by atoms with van der Waals surface area (Å²) < 4.78 is 6.62. The van der Waals surface area contributed by atoms with Gasteiger partial charge < -0.3 is 0 Å². The molecule has 3 rings (SSSR count). The van der Waals surface area contributed by atoms with Gasteiger partial charge in [0.1, 0.15) is 0 Å². The van der Waals surface area contributed by atoms with Crippen LogP contribution in [-0.4, -0.2) is 15.4 Å². The van der Waals surface area contributed by atoms with Crippen molar-refractivity contribution in [2.24, 2.45) is 0 Å². The molecule has 1 heterocycles. The van der Waals surface area contributed by atoms with E-state index in [-0.39, 0.29) is 0 Å². The monoisotopic (exact) mass is 236 g/mol.